The van der Waals surface area contributed by atoms with Crippen molar-refractivity contribution in [2.75, 3.05) is 6.61 Å². The van der Waals surface area contributed by atoms with E-state index in [-0.39, 0.29) is 12.2 Å². The molecule has 0 atom stereocenters. The number of nitrogens with two attached hydrogens (primary N) is 2. The molecule has 0 aromatic carbocycles. The van der Waals surface area contributed by atoms with E-state index >= 15 is 0 Å². The largest absolute Gasteiger partial charge is 0.391 e. The number of primary amides is 2. The molecule has 13 heavy (non-hydrogen) atoms. The normalized spacial score (nSPS) is 7.85. The van der Waals surface area contributed by atoms with Crippen LogP contribution in [0, 0.1) is 0 Å². The zero-order valence-corrected chi connectivity index (χ0v) is 7.54. The molecule has 0 aromatic rings. The molecule has 2 amide bonds. The molecule has 0 aliphatic heterocycles. The topological polar surface area (TPSA) is 106 Å². The summed E-state index contributed by atoms with van der Waals surface area (Å²) >= 11 is 0. The number of rotatable bonds is 3. The van der Waals surface area contributed by atoms with Crippen molar-refractivity contribution in [1.82, 2.24) is 0 Å². The van der Waals surface area contributed by atoms with Crippen LogP contribution in [0.2, 0.25) is 0 Å². The number of carbonyl (C=O) groups excluding carboxylic acids is 2. The molecule has 0 unspecified atom stereocenters. The van der Waals surface area contributed by atoms with Gasteiger partial charge in [0.1, 0.15) is 0 Å². The van der Waals surface area contributed by atoms with Crippen molar-refractivity contribution >= 4 is 11.8 Å². The fraction of sp³-hybridized carbons (Fsp3) is 0.250. The van der Waals surface area contributed by atoms with E-state index in [1.165, 1.54) is 0 Å². The Labute approximate surface area is 76.7 Å². The molecule has 0 aliphatic rings. The van der Waals surface area contributed by atoms with Gasteiger partial charge in [0, 0.05) is 11.1 Å². The molecule has 5 heteroatoms. The van der Waals surface area contributed by atoms with Crippen LogP contribution in [0.15, 0.2) is 24.3 Å². The van der Waals surface area contributed by atoms with Crippen LogP contribution in [-0.4, -0.2) is 23.5 Å². The van der Waals surface area contributed by atoms with Gasteiger partial charge < -0.3 is 16.6 Å². The Morgan fingerprint density at radius 3 is 1.54 bits per heavy atom. The van der Waals surface area contributed by atoms with Gasteiger partial charge in [0.25, 0.3) is 0 Å². The van der Waals surface area contributed by atoms with Gasteiger partial charge in [0.2, 0.25) is 11.8 Å². The van der Waals surface area contributed by atoms with Crippen LogP contribution in [0.1, 0.15) is 6.92 Å². The van der Waals surface area contributed by atoms with Crippen molar-refractivity contribution in [1.29, 1.82) is 0 Å². The maximum atomic E-state index is 9.89. The fourth-order valence-electron chi connectivity index (χ4n) is 0.0779. The molecular formula is C8H14N2O3. The molecule has 0 heterocycles. The predicted molar refractivity (Wildman–Crippen MR) is 49.4 cm³/mol. The average Bonchev–Trinajstić information content (AvgIpc) is 2.03. The van der Waals surface area contributed by atoms with Crippen LogP contribution in [0.4, 0.5) is 0 Å². The van der Waals surface area contributed by atoms with Gasteiger partial charge >= 0.3 is 0 Å². The van der Waals surface area contributed by atoms with E-state index in [4.69, 9.17) is 10.8 Å². The quantitative estimate of drug-likeness (QED) is 0.495. The van der Waals surface area contributed by atoms with Crippen LogP contribution in [0.3, 0.4) is 0 Å². The second kappa shape index (κ2) is 7.05. The third kappa shape index (κ3) is 10.4. The molecule has 0 spiro atoms. The summed E-state index contributed by atoms with van der Waals surface area (Å²) in [5, 5.41) is 8.10. The summed E-state index contributed by atoms with van der Waals surface area (Å²) in [6.45, 7) is 7.65. The molecule has 0 radical (unpaired) electrons. The Hall–Kier alpha value is -1.62. The number of amides is 2. The van der Waals surface area contributed by atoms with Gasteiger partial charge in [-0.2, -0.15) is 0 Å². The molecular weight excluding hydrogens is 172 g/mol. The molecule has 0 saturated carbocycles. The second-order valence-corrected chi connectivity index (χ2v) is 2.27. The Morgan fingerprint density at radius 2 is 1.54 bits per heavy atom. The Kier molecular flexibility index (Phi) is 7.56. The zero-order chi connectivity index (χ0) is 11.0. The lowest BCUT2D eigenvalue weighted by atomic mass is 10.3. The lowest BCUT2D eigenvalue weighted by Gasteiger charge is -1.88. The van der Waals surface area contributed by atoms with Crippen molar-refractivity contribution in [3.8, 4) is 0 Å². The average molecular weight is 186 g/mol. The number of hydrogen-bond acceptors (Lipinski definition) is 3. The number of aliphatic hydroxyl groups excluding tert-OH is 1. The summed E-state index contributed by atoms with van der Waals surface area (Å²) < 4.78 is 0. The SMILES string of the molecule is C=C(C)C(N)=O.C=C(CO)C(N)=O. The highest BCUT2D eigenvalue weighted by atomic mass is 16.3. The first kappa shape index (κ1) is 13.9. The first-order chi connectivity index (χ1) is 5.82. The molecule has 5 N–H and O–H groups in total. The molecule has 5 nitrogen and oxygen atoms in total. The summed E-state index contributed by atoms with van der Waals surface area (Å²) in [6.07, 6.45) is 0. The highest BCUT2D eigenvalue weighted by molar-refractivity contribution is 5.91. The Morgan fingerprint density at radius 1 is 1.23 bits per heavy atom. The first-order valence-corrected chi connectivity index (χ1v) is 3.36. The summed E-state index contributed by atoms with van der Waals surface area (Å²) in [5.41, 5.74) is 9.78. The van der Waals surface area contributed by atoms with Gasteiger partial charge in [-0.25, -0.2) is 0 Å². The van der Waals surface area contributed by atoms with Gasteiger partial charge in [0.15, 0.2) is 0 Å². The highest BCUT2D eigenvalue weighted by Gasteiger charge is 1.94. The molecule has 0 fully saturated rings. The smallest absolute Gasteiger partial charge is 0.246 e. The monoisotopic (exact) mass is 186 g/mol. The molecule has 0 bridgehead atoms. The van der Waals surface area contributed by atoms with E-state index in [1.54, 1.807) is 6.92 Å². The van der Waals surface area contributed by atoms with Crippen LogP contribution in [0.25, 0.3) is 0 Å². The maximum Gasteiger partial charge on any atom is 0.246 e. The van der Waals surface area contributed by atoms with Crippen molar-refractivity contribution in [2.45, 2.75) is 6.92 Å². The highest BCUT2D eigenvalue weighted by Crippen LogP contribution is 1.80. The number of carbonyl (C=O) groups is 2. The van der Waals surface area contributed by atoms with E-state index in [0.29, 0.717) is 5.57 Å². The Bertz CT molecular complexity index is 222. The molecule has 0 aromatic heterocycles. The van der Waals surface area contributed by atoms with E-state index in [0.717, 1.165) is 0 Å². The molecule has 0 saturated heterocycles. The van der Waals surface area contributed by atoms with E-state index in [1.807, 2.05) is 0 Å². The van der Waals surface area contributed by atoms with Crippen molar-refractivity contribution in [2.24, 2.45) is 11.5 Å². The van der Waals surface area contributed by atoms with Crippen molar-refractivity contribution in [3.63, 3.8) is 0 Å². The van der Waals surface area contributed by atoms with Gasteiger partial charge in [-0.05, 0) is 6.92 Å². The molecule has 74 valence electrons. The summed E-state index contributed by atoms with van der Waals surface area (Å²) in [6, 6.07) is 0. The first-order valence-electron chi connectivity index (χ1n) is 3.36. The third-order valence-electron chi connectivity index (χ3n) is 0.960. The van der Waals surface area contributed by atoms with Crippen LogP contribution in [-0.2, 0) is 9.59 Å². The van der Waals surface area contributed by atoms with E-state index < -0.39 is 11.8 Å². The van der Waals surface area contributed by atoms with Crippen molar-refractivity contribution in [3.05, 3.63) is 24.3 Å². The van der Waals surface area contributed by atoms with Crippen molar-refractivity contribution < 1.29 is 14.7 Å². The summed E-state index contributed by atoms with van der Waals surface area (Å²) in [4.78, 5) is 19.7. The lowest BCUT2D eigenvalue weighted by Crippen LogP contribution is -2.14. The predicted octanol–water partition coefficient (Wildman–Crippen LogP) is -0.932. The van der Waals surface area contributed by atoms with Gasteiger partial charge in [-0.15, -0.1) is 0 Å². The van der Waals surface area contributed by atoms with Gasteiger partial charge in [0.05, 0.1) is 6.61 Å². The lowest BCUT2D eigenvalue weighted by molar-refractivity contribution is -0.115. The van der Waals surface area contributed by atoms with Gasteiger partial charge in [-0.3, -0.25) is 9.59 Å². The summed E-state index contributed by atoms with van der Waals surface area (Å²) in [5.74, 6) is -1.09. The third-order valence-corrected chi connectivity index (χ3v) is 0.960. The summed E-state index contributed by atoms with van der Waals surface area (Å²) in [7, 11) is 0. The Balaban J connectivity index is 0. The molecule has 0 rings (SSSR count). The standard InChI is InChI=1S/C4H7NO2.C4H7NO/c1-3(2-6)4(5)7;1-3(2)4(5)6/h6H,1-2H2,(H2,5,7);1H2,2H3,(H2,5,6). The molecule has 0 aliphatic carbocycles. The zero-order valence-electron chi connectivity index (χ0n) is 7.54. The van der Waals surface area contributed by atoms with E-state index in [2.05, 4.69) is 18.9 Å². The minimum absolute atomic E-state index is 0.0417. The number of hydrogen-bond donors (Lipinski definition) is 3. The van der Waals surface area contributed by atoms with E-state index in [9.17, 15) is 9.59 Å². The van der Waals surface area contributed by atoms with Gasteiger partial charge in [-0.1, -0.05) is 13.2 Å². The number of aliphatic hydroxyl groups is 1. The maximum absolute atomic E-state index is 9.89. The second-order valence-electron chi connectivity index (χ2n) is 2.27. The fourth-order valence-corrected chi connectivity index (χ4v) is 0.0779. The minimum atomic E-state index is -0.650. The van der Waals surface area contributed by atoms with Crippen LogP contribution >= 0.6 is 0 Å². The van der Waals surface area contributed by atoms with Crippen LogP contribution in [0.5, 0.6) is 0 Å². The minimum Gasteiger partial charge on any atom is -0.391 e. The van der Waals surface area contributed by atoms with Crippen LogP contribution < -0.4 is 11.5 Å².